The summed E-state index contributed by atoms with van der Waals surface area (Å²) >= 11 is 0. The first-order valence-corrected chi connectivity index (χ1v) is 8.56. The number of phenolic OH excluding ortho intramolecular Hbond substituents is 2. The smallest absolute Gasteiger partial charge is 0.356 e. The molecule has 5 nitrogen and oxygen atoms in total. The zero-order chi connectivity index (χ0) is 16.3. The molecule has 0 bridgehead atoms. The number of phenols is 2. The van der Waals surface area contributed by atoms with Gasteiger partial charge in [0, 0.05) is 5.56 Å². The quantitative estimate of drug-likeness (QED) is 0.634. The second-order valence-electron chi connectivity index (χ2n) is 5.35. The fourth-order valence-electron chi connectivity index (χ4n) is 2.45. The molecule has 0 radical (unpaired) electrons. The lowest BCUT2D eigenvalue weighted by atomic mass is 9.93. The second kappa shape index (κ2) is 6.53. The molecule has 0 aliphatic carbocycles. The molecule has 1 unspecified atom stereocenters. The molecule has 118 valence electrons. The predicted octanol–water partition coefficient (Wildman–Crippen LogP) is 2.64. The first-order chi connectivity index (χ1) is 10.3. The van der Waals surface area contributed by atoms with Gasteiger partial charge in [-0.1, -0.05) is 25.1 Å². The summed E-state index contributed by atoms with van der Waals surface area (Å²) in [4.78, 5) is 18.8. The van der Waals surface area contributed by atoms with Crippen molar-refractivity contribution in [3.05, 3.63) is 53.6 Å². The number of hydrogen-bond donors (Lipinski definition) is 4. The lowest BCUT2D eigenvalue weighted by Crippen LogP contribution is -2.12. The van der Waals surface area contributed by atoms with Gasteiger partial charge in [0.05, 0.1) is 5.30 Å². The van der Waals surface area contributed by atoms with Crippen molar-refractivity contribution in [3.63, 3.8) is 0 Å². The van der Waals surface area contributed by atoms with Crippen LogP contribution >= 0.6 is 7.60 Å². The summed E-state index contributed by atoms with van der Waals surface area (Å²) in [5.41, 5.74) is 1.22. The van der Waals surface area contributed by atoms with E-state index in [2.05, 4.69) is 0 Å². The average molecular weight is 322 g/mol. The first-order valence-electron chi connectivity index (χ1n) is 6.95. The van der Waals surface area contributed by atoms with Crippen LogP contribution < -0.4 is 5.30 Å². The van der Waals surface area contributed by atoms with Crippen molar-refractivity contribution in [3.8, 4) is 11.5 Å². The third-order valence-corrected chi connectivity index (χ3v) is 4.75. The molecule has 6 heteroatoms. The van der Waals surface area contributed by atoms with Crippen LogP contribution in [0, 0.1) is 0 Å². The van der Waals surface area contributed by atoms with Gasteiger partial charge in [-0.2, -0.15) is 0 Å². The maximum Gasteiger partial charge on any atom is 0.356 e. The average Bonchev–Trinajstić information content (AvgIpc) is 2.44. The summed E-state index contributed by atoms with van der Waals surface area (Å²) < 4.78 is 11.5. The van der Waals surface area contributed by atoms with Crippen LogP contribution in [0.3, 0.4) is 0 Å². The molecule has 1 atom stereocenters. The summed E-state index contributed by atoms with van der Waals surface area (Å²) in [5.74, 6) is 0.156. The number of benzene rings is 2. The Morgan fingerprint density at radius 2 is 1.77 bits per heavy atom. The van der Waals surface area contributed by atoms with Crippen molar-refractivity contribution in [2.45, 2.75) is 25.7 Å². The minimum Gasteiger partial charge on any atom is -0.508 e. The van der Waals surface area contributed by atoms with Gasteiger partial charge >= 0.3 is 7.60 Å². The van der Waals surface area contributed by atoms with E-state index in [4.69, 9.17) is 0 Å². The van der Waals surface area contributed by atoms with Gasteiger partial charge in [-0.3, -0.25) is 4.57 Å². The molecule has 2 rings (SSSR count). The van der Waals surface area contributed by atoms with E-state index in [0.717, 1.165) is 5.56 Å². The zero-order valence-electron chi connectivity index (χ0n) is 12.2. The fraction of sp³-hybridized carbons (Fsp3) is 0.250. The largest absolute Gasteiger partial charge is 0.508 e. The number of aromatic hydroxyl groups is 2. The van der Waals surface area contributed by atoms with E-state index in [9.17, 15) is 24.6 Å². The van der Waals surface area contributed by atoms with Gasteiger partial charge in [-0.25, -0.2) is 0 Å². The molecule has 0 aromatic heterocycles. The van der Waals surface area contributed by atoms with E-state index in [1.54, 1.807) is 18.2 Å². The van der Waals surface area contributed by atoms with Crippen molar-refractivity contribution < 1.29 is 24.6 Å². The van der Waals surface area contributed by atoms with Gasteiger partial charge in [-0.15, -0.1) is 0 Å². The Bertz CT molecular complexity index is 707. The molecule has 0 aliphatic heterocycles. The van der Waals surface area contributed by atoms with Gasteiger partial charge in [-0.05, 0) is 48.6 Å². The highest BCUT2D eigenvalue weighted by atomic mass is 31.2. The summed E-state index contributed by atoms with van der Waals surface area (Å²) in [5, 5.41) is 19.3. The highest BCUT2D eigenvalue weighted by Crippen LogP contribution is 2.38. The van der Waals surface area contributed by atoms with Crippen LogP contribution in [0.2, 0.25) is 0 Å². The van der Waals surface area contributed by atoms with E-state index in [0.29, 0.717) is 12.8 Å². The highest BCUT2D eigenvalue weighted by molar-refractivity contribution is 7.60. The maximum atomic E-state index is 11.5. The van der Waals surface area contributed by atoms with Gasteiger partial charge < -0.3 is 20.0 Å². The Morgan fingerprint density at radius 1 is 1.09 bits per heavy atom. The molecular weight excluding hydrogens is 303 g/mol. The molecule has 0 amide bonds. The molecule has 0 spiro atoms. The lowest BCUT2D eigenvalue weighted by molar-refractivity contribution is 0.386. The van der Waals surface area contributed by atoms with E-state index in [1.807, 2.05) is 13.0 Å². The van der Waals surface area contributed by atoms with Crippen molar-refractivity contribution in [1.29, 1.82) is 0 Å². The van der Waals surface area contributed by atoms with Crippen molar-refractivity contribution in [1.82, 2.24) is 0 Å². The van der Waals surface area contributed by atoms with E-state index < -0.39 is 7.60 Å². The Hall–Kier alpha value is -1.81. The topological polar surface area (TPSA) is 98.0 Å². The Balaban J connectivity index is 2.20. The van der Waals surface area contributed by atoms with Crippen molar-refractivity contribution in [2.24, 2.45) is 0 Å². The van der Waals surface area contributed by atoms with Crippen LogP contribution in [0.5, 0.6) is 11.5 Å². The Kier molecular flexibility index (Phi) is 4.91. The van der Waals surface area contributed by atoms with Gasteiger partial charge in [0.1, 0.15) is 11.5 Å². The van der Waals surface area contributed by atoms with Gasteiger partial charge in [0.15, 0.2) is 0 Å². The van der Waals surface area contributed by atoms with Crippen LogP contribution in [-0.2, 0) is 11.0 Å². The normalized spacial score (nSPS) is 13.0. The number of hydrogen-bond acceptors (Lipinski definition) is 3. The fourth-order valence-corrected chi connectivity index (χ4v) is 3.31. The molecule has 0 heterocycles. The molecule has 2 aromatic rings. The van der Waals surface area contributed by atoms with Crippen LogP contribution in [0.25, 0.3) is 0 Å². The highest BCUT2D eigenvalue weighted by Gasteiger charge is 2.23. The standard InChI is InChI=1S/C16H19O5P/c1-11(12-4-2-5-13(17)10-12)8-9-14-15(18)6-3-7-16(14)22(19,20)21/h2-7,10-11,17-18H,8-9H2,1H3,(H2,19,20,21). The Labute approximate surface area is 129 Å². The molecule has 4 N–H and O–H groups in total. The Morgan fingerprint density at radius 3 is 2.41 bits per heavy atom. The SMILES string of the molecule is CC(CCc1c(O)cccc1P(=O)(O)O)c1cccc(O)c1. The van der Waals surface area contributed by atoms with Gasteiger partial charge in [0.25, 0.3) is 0 Å². The van der Waals surface area contributed by atoms with Crippen LogP contribution in [-0.4, -0.2) is 20.0 Å². The minimum absolute atomic E-state index is 0.0799. The second-order valence-corrected chi connectivity index (χ2v) is 6.92. The maximum absolute atomic E-state index is 11.5. The van der Waals surface area contributed by atoms with Crippen LogP contribution in [0.4, 0.5) is 0 Å². The monoisotopic (exact) mass is 322 g/mol. The van der Waals surface area contributed by atoms with E-state index >= 15 is 0 Å². The molecule has 0 saturated heterocycles. The number of rotatable bonds is 5. The lowest BCUT2D eigenvalue weighted by Gasteiger charge is -2.16. The summed E-state index contributed by atoms with van der Waals surface area (Å²) in [7, 11) is -4.42. The van der Waals surface area contributed by atoms with Crippen LogP contribution in [0.1, 0.15) is 30.4 Å². The first kappa shape index (κ1) is 16.6. The third-order valence-electron chi connectivity index (χ3n) is 3.71. The van der Waals surface area contributed by atoms with Crippen LogP contribution in [0.15, 0.2) is 42.5 Å². The van der Waals surface area contributed by atoms with E-state index in [1.165, 1.54) is 18.2 Å². The minimum atomic E-state index is -4.42. The molecule has 22 heavy (non-hydrogen) atoms. The molecule has 2 aromatic carbocycles. The summed E-state index contributed by atoms with van der Waals surface area (Å²) in [6.45, 7) is 1.96. The molecular formula is C16H19O5P. The molecule has 0 aliphatic rings. The molecule has 0 fully saturated rings. The van der Waals surface area contributed by atoms with Gasteiger partial charge in [0.2, 0.25) is 0 Å². The summed E-state index contributed by atoms with van der Waals surface area (Å²) in [6, 6.07) is 11.1. The zero-order valence-corrected chi connectivity index (χ0v) is 13.1. The molecule has 0 saturated carbocycles. The van der Waals surface area contributed by atoms with E-state index in [-0.39, 0.29) is 28.3 Å². The van der Waals surface area contributed by atoms with Crippen molar-refractivity contribution in [2.75, 3.05) is 0 Å². The van der Waals surface area contributed by atoms with Crippen molar-refractivity contribution >= 4 is 12.9 Å². The predicted molar refractivity (Wildman–Crippen MR) is 84.6 cm³/mol. The third kappa shape index (κ3) is 3.89. The summed E-state index contributed by atoms with van der Waals surface area (Å²) in [6.07, 6.45) is 0.929.